The second-order valence-electron chi connectivity index (χ2n) is 4.38. The molecule has 0 fully saturated rings. The zero-order valence-corrected chi connectivity index (χ0v) is 10.8. The summed E-state index contributed by atoms with van der Waals surface area (Å²) in [6.07, 6.45) is 4.62. The second kappa shape index (κ2) is 6.70. The Morgan fingerprint density at radius 1 is 1.38 bits per heavy atom. The summed E-state index contributed by atoms with van der Waals surface area (Å²) < 4.78 is 0. The number of halogens is 1. The van der Waals surface area contributed by atoms with Crippen LogP contribution in [-0.2, 0) is 6.42 Å². The van der Waals surface area contributed by atoms with E-state index >= 15 is 0 Å². The van der Waals surface area contributed by atoms with Crippen molar-refractivity contribution in [1.82, 2.24) is 0 Å². The molecule has 1 unspecified atom stereocenters. The molecule has 0 heterocycles. The molecule has 0 aromatic heterocycles. The zero-order valence-electron chi connectivity index (χ0n) is 10.0. The van der Waals surface area contributed by atoms with E-state index in [1.807, 2.05) is 18.2 Å². The van der Waals surface area contributed by atoms with Gasteiger partial charge in [0.25, 0.3) is 5.24 Å². The molecule has 1 nitrogen and oxygen atoms in total. The van der Waals surface area contributed by atoms with Crippen LogP contribution >= 0.6 is 11.6 Å². The maximum absolute atomic E-state index is 11.2. The highest BCUT2D eigenvalue weighted by Gasteiger charge is 2.10. The Balaban J connectivity index is 2.69. The Hall–Kier alpha value is -0.820. The summed E-state index contributed by atoms with van der Waals surface area (Å²) >= 11 is 5.56. The minimum Gasteiger partial charge on any atom is -0.276 e. The molecule has 0 spiro atoms. The highest BCUT2D eigenvalue weighted by molar-refractivity contribution is 6.67. The van der Waals surface area contributed by atoms with Crippen molar-refractivity contribution in [2.24, 2.45) is 5.92 Å². The van der Waals surface area contributed by atoms with Crippen molar-refractivity contribution in [2.75, 3.05) is 0 Å². The molecule has 2 heteroatoms. The Morgan fingerprint density at radius 2 is 2.06 bits per heavy atom. The molecular weight excluding hydrogens is 220 g/mol. The Kier molecular flexibility index (Phi) is 5.54. The number of benzene rings is 1. The zero-order chi connectivity index (χ0) is 12.0. The Bertz CT molecular complexity index is 346. The van der Waals surface area contributed by atoms with Crippen LogP contribution in [0.3, 0.4) is 0 Å². The SMILES string of the molecule is CCCCC(C)Cc1ccccc1C(=O)Cl. The highest BCUT2D eigenvalue weighted by atomic mass is 35.5. The van der Waals surface area contributed by atoms with E-state index < -0.39 is 0 Å². The quantitative estimate of drug-likeness (QED) is 0.670. The van der Waals surface area contributed by atoms with Crippen molar-refractivity contribution in [3.8, 4) is 0 Å². The summed E-state index contributed by atoms with van der Waals surface area (Å²) in [5.41, 5.74) is 1.73. The van der Waals surface area contributed by atoms with Gasteiger partial charge in [-0.2, -0.15) is 0 Å². The number of carbonyl (C=O) groups is 1. The molecule has 0 aliphatic rings. The third-order valence-electron chi connectivity index (χ3n) is 2.85. The van der Waals surface area contributed by atoms with Gasteiger partial charge < -0.3 is 0 Å². The fourth-order valence-electron chi connectivity index (χ4n) is 1.92. The standard InChI is InChI=1S/C14H19ClO/c1-3-4-7-11(2)10-12-8-5-6-9-13(12)14(15)16/h5-6,8-9,11H,3-4,7,10H2,1-2H3. The van der Waals surface area contributed by atoms with Gasteiger partial charge >= 0.3 is 0 Å². The van der Waals surface area contributed by atoms with Crippen LogP contribution in [0.2, 0.25) is 0 Å². The van der Waals surface area contributed by atoms with Gasteiger partial charge in [0.1, 0.15) is 0 Å². The van der Waals surface area contributed by atoms with Gasteiger partial charge in [0.2, 0.25) is 0 Å². The molecule has 1 atom stereocenters. The van der Waals surface area contributed by atoms with Gasteiger partial charge in [-0.05, 0) is 35.6 Å². The van der Waals surface area contributed by atoms with Gasteiger partial charge in [-0.15, -0.1) is 0 Å². The molecule has 0 saturated carbocycles. The van der Waals surface area contributed by atoms with Crippen molar-refractivity contribution in [3.05, 3.63) is 35.4 Å². The van der Waals surface area contributed by atoms with Crippen LogP contribution in [0.5, 0.6) is 0 Å². The number of carbonyl (C=O) groups excluding carboxylic acids is 1. The van der Waals surface area contributed by atoms with Crippen LogP contribution in [0.15, 0.2) is 24.3 Å². The average Bonchev–Trinajstić information content (AvgIpc) is 2.27. The van der Waals surface area contributed by atoms with Crippen molar-refractivity contribution in [3.63, 3.8) is 0 Å². The number of hydrogen-bond acceptors (Lipinski definition) is 1. The van der Waals surface area contributed by atoms with E-state index in [2.05, 4.69) is 13.8 Å². The van der Waals surface area contributed by atoms with Crippen LogP contribution in [-0.4, -0.2) is 5.24 Å². The van der Waals surface area contributed by atoms with E-state index in [4.69, 9.17) is 11.6 Å². The fourth-order valence-corrected chi connectivity index (χ4v) is 2.10. The molecule has 0 bridgehead atoms. The highest BCUT2D eigenvalue weighted by Crippen LogP contribution is 2.19. The third kappa shape index (κ3) is 3.97. The molecule has 1 aromatic carbocycles. The molecule has 0 saturated heterocycles. The lowest BCUT2D eigenvalue weighted by atomic mass is 9.93. The lowest BCUT2D eigenvalue weighted by Crippen LogP contribution is -2.04. The number of hydrogen-bond donors (Lipinski definition) is 0. The van der Waals surface area contributed by atoms with Gasteiger partial charge in [0, 0.05) is 5.56 Å². The fraction of sp³-hybridized carbons (Fsp3) is 0.500. The minimum absolute atomic E-state index is 0.349. The van der Waals surface area contributed by atoms with E-state index in [-0.39, 0.29) is 5.24 Å². The summed E-state index contributed by atoms with van der Waals surface area (Å²) in [5.74, 6) is 0.608. The molecule has 1 aromatic rings. The summed E-state index contributed by atoms with van der Waals surface area (Å²) in [7, 11) is 0. The summed E-state index contributed by atoms with van der Waals surface area (Å²) in [5, 5.41) is -0.349. The van der Waals surface area contributed by atoms with Crippen molar-refractivity contribution >= 4 is 16.8 Å². The Labute approximate surface area is 103 Å². The van der Waals surface area contributed by atoms with Crippen LogP contribution in [0, 0.1) is 5.92 Å². The van der Waals surface area contributed by atoms with Crippen molar-refractivity contribution < 1.29 is 4.79 Å². The first-order chi connectivity index (χ1) is 7.65. The molecule has 0 radical (unpaired) electrons. The minimum atomic E-state index is -0.349. The van der Waals surface area contributed by atoms with E-state index in [9.17, 15) is 4.79 Å². The topological polar surface area (TPSA) is 17.1 Å². The predicted octanol–water partition coefficient (Wildman–Crippen LogP) is 4.43. The molecule has 88 valence electrons. The molecule has 1 rings (SSSR count). The van der Waals surface area contributed by atoms with Crippen LogP contribution in [0.4, 0.5) is 0 Å². The largest absolute Gasteiger partial charge is 0.276 e. The monoisotopic (exact) mass is 238 g/mol. The molecule has 0 aliphatic carbocycles. The third-order valence-corrected chi connectivity index (χ3v) is 3.05. The van der Waals surface area contributed by atoms with Gasteiger partial charge in [-0.25, -0.2) is 0 Å². The second-order valence-corrected chi connectivity index (χ2v) is 4.73. The van der Waals surface area contributed by atoms with Crippen LogP contribution in [0.25, 0.3) is 0 Å². The maximum atomic E-state index is 11.2. The molecule has 0 aliphatic heterocycles. The van der Waals surface area contributed by atoms with Crippen LogP contribution < -0.4 is 0 Å². The average molecular weight is 239 g/mol. The first kappa shape index (κ1) is 13.2. The van der Waals surface area contributed by atoms with E-state index in [1.54, 1.807) is 6.07 Å². The lowest BCUT2D eigenvalue weighted by Gasteiger charge is -2.12. The van der Waals surface area contributed by atoms with E-state index in [1.165, 1.54) is 19.3 Å². The molecule has 0 N–H and O–H groups in total. The van der Waals surface area contributed by atoms with E-state index in [0.29, 0.717) is 11.5 Å². The maximum Gasteiger partial charge on any atom is 0.252 e. The van der Waals surface area contributed by atoms with Crippen molar-refractivity contribution in [2.45, 2.75) is 39.5 Å². The van der Waals surface area contributed by atoms with Gasteiger partial charge in [-0.1, -0.05) is 51.3 Å². The molecular formula is C14H19ClO. The number of rotatable bonds is 6. The van der Waals surface area contributed by atoms with Crippen molar-refractivity contribution in [1.29, 1.82) is 0 Å². The first-order valence-corrected chi connectivity index (χ1v) is 6.30. The molecule has 0 amide bonds. The first-order valence-electron chi connectivity index (χ1n) is 5.92. The lowest BCUT2D eigenvalue weighted by molar-refractivity contribution is 0.108. The smallest absolute Gasteiger partial charge is 0.252 e. The Morgan fingerprint density at radius 3 is 2.69 bits per heavy atom. The molecule has 16 heavy (non-hydrogen) atoms. The van der Waals surface area contributed by atoms with Crippen LogP contribution in [0.1, 0.15) is 49.0 Å². The number of unbranched alkanes of at least 4 members (excludes halogenated alkanes) is 1. The predicted molar refractivity (Wildman–Crippen MR) is 69.0 cm³/mol. The normalized spacial score (nSPS) is 12.4. The summed E-state index contributed by atoms with van der Waals surface area (Å²) in [6.45, 7) is 4.42. The van der Waals surface area contributed by atoms with Gasteiger partial charge in [-0.3, -0.25) is 4.79 Å². The summed E-state index contributed by atoms with van der Waals surface area (Å²) in [6, 6.07) is 7.62. The van der Waals surface area contributed by atoms with Gasteiger partial charge in [0.05, 0.1) is 0 Å². The summed E-state index contributed by atoms with van der Waals surface area (Å²) in [4.78, 5) is 11.2. The van der Waals surface area contributed by atoms with Gasteiger partial charge in [0.15, 0.2) is 0 Å². The van der Waals surface area contributed by atoms with E-state index in [0.717, 1.165) is 12.0 Å².